The summed E-state index contributed by atoms with van der Waals surface area (Å²) in [7, 11) is 1.55. The second kappa shape index (κ2) is 6.48. The molecule has 0 fully saturated rings. The molecule has 0 aliphatic carbocycles. The van der Waals surface area contributed by atoms with E-state index in [-0.39, 0.29) is 12.3 Å². The topological polar surface area (TPSA) is 93.1 Å². The number of amides is 1. The number of methoxy groups -OCH3 is 1. The molecule has 1 amide bonds. The number of ether oxygens (including phenoxy) is 1. The van der Waals surface area contributed by atoms with Gasteiger partial charge in [-0.05, 0) is 24.3 Å². The molecule has 3 N–H and O–H groups in total. The van der Waals surface area contributed by atoms with Gasteiger partial charge in [0.15, 0.2) is 0 Å². The molecule has 1 aromatic carbocycles. The smallest absolute Gasteiger partial charge is 0.226 e. The fourth-order valence-electron chi connectivity index (χ4n) is 1.93. The van der Waals surface area contributed by atoms with Crippen LogP contribution >= 0.6 is 0 Å². The largest absolute Gasteiger partial charge is 0.497 e. The van der Waals surface area contributed by atoms with E-state index in [0.717, 1.165) is 0 Å². The van der Waals surface area contributed by atoms with E-state index in [1.165, 1.54) is 0 Å². The number of benzene rings is 1. The van der Waals surface area contributed by atoms with E-state index in [9.17, 15) is 4.79 Å². The summed E-state index contributed by atoms with van der Waals surface area (Å²) >= 11 is 0. The molecular formula is C15H16N4O2. The van der Waals surface area contributed by atoms with Gasteiger partial charge in [-0.2, -0.15) is 5.26 Å². The van der Waals surface area contributed by atoms with Gasteiger partial charge in [0.2, 0.25) is 5.91 Å². The summed E-state index contributed by atoms with van der Waals surface area (Å²) in [6.45, 7) is 0.442. The number of nitrogens with two attached hydrogens (primary N) is 1. The number of hydrogen-bond acceptors (Lipinski definition) is 4. The summed E-state index contributed by atoms with van der Waals surface area (Å²) in [5, 5.41) is 11.6. The molecule has 0 atom stereocenters. The average molecular weight is 284 g/mol. The molecule has 2 aromatic rings. The third-order valence-corrected chi connectivity index (χ3v) is 3.06. The Hall–Kier alpha value is -2.94. The number of nitrogen functional groups attached to an aromatic ring is 1. The Kier molecular flexibility index (Phi) is 4.46. The Morgan fingerprint density at radius 3 is 2.95 bits per heavy atom. The Morgan fingerprint density at radius 2 is 2.29 bits per heavy atom. The maximum absolute atomic E-state index is 11.9. The number of aryl methyl sites for hydroxylation is 1. The van der Waals surface area contributed by atoms with E-state index in [1.807, 2.05) is 0 Å². The standard InChI is InChI=1S/C15H16N4O2/c1-21-12-4-5-14(13(17)9-12)18-15(20)6-8-19-7-2-3-11(19)10-16/h2-5,7,9H,6,8,17H2,1H3,(H,18,20). The van der Waals surface area contributed by atoms with Crippen molar-refractivity contribution in [3.63, 3.8) is 0 Å². The molecule has 6 heteroatoms. The van der Waals surface area contributed by atoms with Gasteiger partial charge < -0.3 is 20.4 Å². The van der Waals surface area contributed by atoms with Crippen molar-refractivity contribution in [1.82, 2.24) is 4.57 Å². The number of nitrogens with one attached hydrogen (secondary N) is 1. The van der Waals surface area contributed by atoms with Crippen LogP contribution in [0.25, 0.3) is 0 Å². The molecule has 0 radical (unpaired) electrons. The van der Waals surface area contributed by atoms with Gasteiger partial charge in [0.05, 0.1) is 18.5 Å². The third-order valence-electron chi connectivity index (χ3n) is 3.06. The van der Waals surface area contributed by atoms with Gasteiger partial charge in [0.1, 0.15) is 17.5 Å². The van der Waals surface area contributed by atoms with Crippen LogP contribution in [-0.4, -0.2) is 17.6 Å². The van der Waals surface area contributed by atoms with Crippen LogP contribution in [0.1, 0.15) is 12.1 Å². The molecule has 0 aliphatic heterocycles. The maximum Gasteiger partial charge on any atom is 0.226 e. The monoisotopic (exact) mass is 284 g/mol. The van der Waals surface area contributed by atoms with Gasteiger partial charge >= 0.3 is 0 Å². The summed E-state index contributed by atoms with van der Waals surface area (Å²) in [5.74, 6) is 0.473. The minimum Gasteiger partial charge on any atom is -0.497 e. The van der Waals surface area contributed by atoms with Crippen molar-refractivity contribution < 1.29 is 9.53 Å². The zero-order chi connectivity index (χ0) is 15.2. The van der Waals surface area contributed by atoms with Crippen LogP contribution < -0.4 is 15.8 Å². The SMILES string of the molecule is COc1ccc(NC(=O)CCn2cccc2C#N)c(N)c1. The third kappa shape index (κ3) is 3.54. The van der Waals surface area contributed by atoms with Crippen molar-refractivity contribution in [3.8, 4) is 11.8 Å². The minimum atomic E-state index is -0.163. The zero-order valence-electron chi connectivity index (χ0n) is 11.7. The van der Waals surface area contributed by atoms with E-state index in [1.54, 1.807) is 48.2 Å². The Labute approximate surface area is 122 Å². The highest BCUT2D eigenvalue weighted by Crippen LogP contribution is 2.24. The van der Waals surface area contributed by atoms with E-state index < -0.39 is 0 Å². The normalized spacial score (nSPS) is 9.90. The molecule has 21 heavy (non-hydrogen) atoms. The first-order valence-electron chi connectivity index (χ1n) is 6.42. The summed E-state index contributed by atoms with van der Waals surface area (Å²) in [5.41, 5.74) is 7.37. The van der Waals surface area contributed by atoms with Gasteiger partial charge in [-0.15, -0.1) is 0 Å². The van der Waals surface area contributed by atoms with E-state index in [4.69, 9.17) is 15.7 Å². The molecule has 108 valence electrons. The van der Waals surface area contributed by atoms with Crippen molar-refractivity contribution in [3.05, 3.63) is 42.2 Å². The van der Waals surface area contributed by atoms with Crippen molar-refractivity contribution >= 4 is 17.3 Å². The Bertz CT molecular complexity index is 685. The van der Waals surface area contributed by atoms with Crippen LogP contribution in [0.15, 0.2) is 36.5 Å². The predicted octanol–water partition coefficient (Wildman–Crippen LogP) is 1.98. The number of carbonyl (C=O) groups is 1. The first kappa shape index (κ1) is 14.5. The van der Waals surface area contributed by atoms with Crippen molar-refractivity contribution in [2.24, 2.45) is 0 Å². The highest BCUT2D eigenvalue weighted by atomic mass is 16.5. The predicted molar refractivity (Wildman–Crippen MR) is 79.8 cm³/mol. The molecule has 0 bridgehead atoms. The Balaban J connectivity index is 1.95. The van der Waals surface area contributed by atoms with E-state index >= 15 is 0 Å². The fraction of sp³-hybridized carbons (Fsp3) is 0.200. The van der Waals surface area contributed by atoms with Crippen molar-refractivity contribution in [2.75, 3.05) is 18.2 Å². The first-order valence-corrected chi connectivity index (χ1v) is 6.42. The molecule has 0 spiro atoms. The lowest BCUT2D eigenvalue weighted by molar-refractivity contribution is -0.116. The van der Waals surface area contributed by atoms with Crippen molar-refractivity contribution in [2.45, 2.75) is 13.0 Å². The molecule has 0 saturated heterocycles. The van der Waals surface area contributed by atoms with Crippen LogP contribution in [0.5, 0.6) is 5.75 Å². The summed E-state index contributed by atoms with van der Waals surface area (Å²) in [6, 6.07) is 10.6. The molecular weight excluding hydrogens is 268 g/mol. The summed E-state index contributed by atoms with van der Waals surface area (Å²) in [6.07, 6.45) is 2.03. The van der Waals surface area contributed by atoms with Crippen LogP contribution in [0.2, 0.25) is 0 Å². The Morgan fingerprint density at radius 1 is 1.48 bits per heavy atom. The quantitative estimate of drug-likeness (QED) is 0.821. The van der Waals surface area contributed by atoms with Gasteiger partial charge in [0.25, 0.3) is 0 Å². The second-order valence-electron chi connectivity index (χ2n) is 4.45. The summed E-state index contributed by atoms with van der Waals surface area (Å²) in [4.78, 5) is 11.9. The maximum atomic E-state index is 11.9. The zero-order valence-corrected chi connectivity index (χ0v) is 11.7. The highest BCUT2D eigenvalue weighted by molar-refractivity contribution is 5.93. The average Bonchev–Trinajstić information content (AvgIpc) is 2.94. The number of nitrogens with zero attached hydrogens (tertiary/aromatic N) is 2. The van der Waals surface area contributed by atoms with Gasteiger partial charge in [-0.25, -0.2) is 0 Å². The van der Waals surface area contributed by atoms with E-state index in [0.29, 0.717) is 29.4 Å². The summed E-state index contributed by atoms with van der Waals surface area (Å²) < 4.78 is 6.78. The van der Waals surface area contributed by atoms with Gasteiger partial charge in [-0.3, -0.25) is 4.79 Å². The molecule has 0 aliphatic rings. The minimum absolute atomic E-state index is 0.163. The molecule has 1 aromatic heterocycles. The highest BCUT2D eigenvalue weighted by Gasteiger charge is 2.07. The van der Waals surface area contributed by atoms with Crippen LogP contribution in [-0.2, 0) is 11.3 Å². The molecule has 0 saturated carbocycles. The number of aromatic nitrogens is 1. The van der Waals surface area contributed by atoms with Gasteiger partial charge in [-0.1, -0.05) is 0 Å². The number of nitriles is 1. The van der Waals surface area contributed by atoms with Gasteiger partial charge in [0, 0.05) is 25.2 Å². The number of anilines is 2. The van der Waals surface area contributed by atoms with Crippen LogP contribution in [0, 0.1) is 11.3 Å². The number of carbonyl (C=O) groups excluding carboxylic acids is 1. The van der Waals surface area contributed by atoms with Crippen LogP contribution in [0.4, 0.5) is 11.4 Å². The molecule has 2 rings (SSSR count). The van der Waals surface area contributed by atoms with E-state index in [2.05, 4.69) is 11.4 Å². The fourth-order valence-corrected chi connectivity index (χ4v) is 1.93. The lowest BCUT2D eigenvalue weighted by atomic mass is 10.2. The first-order chi connectivity index (χ1) is 10.1. The molecule has 6 nitrogen and oxygen atoms in total. The number of hydrogen-bond donors (Lipinski definition) is 2. The lowest BCUT2D eigenvalue weighted by Crippen LogP contribution is -2.15. The molecule has 1 heterocycles. The van der Waals surface area contributed by atoms with Crippen LogP contribution in [0.3, 0.4) is 0 Å². The lowest BCUT2D eigenvalue weighted by Gasteiger charge is -2.10. The second-order valence-corrected chi connectivity index (χ2v) is 4.45. The number of rotatable bonds is 5. The molecule has 0 unspecified atom stereocenters. The van der Waals surface area contributed by atoms with Crippen molar-refractivity contribution in [1.29, 1.82) is 5.26 Å².